The van der Waals surface area contributed by atoms with Gasteiger partial charge >= 0.3 is 0 Å². The maximum atomic E-state index is 12.9. The number of rotatable bonds is 4. The zero-order valence-corrected chi connectivity index (χ0v) is 16.5. The van der Waals surface area contributed by atoms with E-state index >= 15 is 0 Å². The van der Waals surface area contributed by atoms with Crippen molar-refractivity contribution in [1.82, 2.24) is 19.6 Å². The van der Waals surface area contributed by atoms with Crippen molar-refractivity contribution in [1.29, 1.82) is 0 Å². The summed E-state index contributed by atoms with van der Waals surface area (Å²) in [4.78, 5) is 31.6. The summed E-state index contributed by atoms with van der Waals surface area (Å²) >= 11 is 12.0. The molecule has 8 heteroatoms. The van der Waals surface area contributed by atoms with Crippen LogP contribution in [0.4, 0.5) is 0 Å². The molecule has 4 rings (SSSR count). The number of hydrogen-bond donors (Lipinski definition) is 1. The monoisotopic (exact) mass is 416 g/mol. The summed E-state index contributed by atoms with van der Waals surface area (Å²) in [6, 6.07) is 9.93. The number of halogens is 2. The Labute approximate surface area is 172 Å². The van der Waals surface area contributed by atoms with Crippen molar-refractivity contribution in [3.05, 3.63) is 70.1 Å². The van der Waals surface area contributed by atoms with Gasteiger partial charge in [-0.05, 0) is 43.2 Å². The SMILES string of the molecule is O=C(NCc1cn2ccccc2n1)[C@@H]1CCCN1C(=O)c1cc(Cl)cc(Cl)c1. The molecule has 0 aliphatic carbocycles. The van der Waals surface area contributed by atoms with Crippen LogP contribution in [0.1, 0.15) is 28.9 Å². The smallest absolute Gasteiger partial charge is 0.254 e. The molecule has 0 bridgehead atoms. The van der Waals surface area contributed by atoms with Gasteiger partial charge in [0.1, 0.15) is 11.7 Å². The lowest BCUT2D eigenvalue weighted by atomic mass is 10.1. The maximum Gasteiger partial charge on any atom is 0.254 e. The van der Waals surface area contributed by atoms with Crippen molar-refractivity contribution < 1.29 is 9.59 Å². The number of fused-ring (bicyclic) bond motifs is 1. The molecule has 0 spiro atoms. The highest BCUT2D eigenvalue weighted by molar-refractivity contribution is 6.35. The molecule has 1 aliphatic heterocycles. The van der Waals surface area contributed by atoms with Crippen molar-refractivity contribution in [2.24, 2.45) is 0 Å². The summed E-state index contributed by atoms with van der Waals surface area (Å²) in [6.45, 7) is 0.831. The normalized spacial score (nSPS) is 16.5. The van der Waals surface area contributed by atoms with E-state index in [0.717, 1.165) is 17.8 Å². The highest BCUT2D eigenvalue weighted by Gasteiger charge is 2.34. The lowest BCUT2D eigenvalue weighted by molar-refractivity contribution is -0.125. The lowest BCUT2D eigenvalue weighted by Gasteiger charge is -2.24. The molecule has 2 amide bonds. The fourth-order valence-corrected chi connectivity index (χ4v) is 4.02. The lowest BCUT2D eigenvalue weighted by Crippen LogP contribution is -2.45. The number of nitrogens with one attached hydrogen (secondary N) is 1. The fraction of sp³-hybridized carbons (Fsp3) is 0.250. The van der Waals surface area contributed by atoms with Gasteiger partial charge < -0.3 is 14.6 Å². The molecule has 1 N–H and O–H groups in total. The third-order valence-electron chi connectivity index (χ3n) is 4.78. The summed E-state index contributed by atoms with van der Waals surface area (Å²) in [7, 11) is 0. The third kappa shape index (κ3) is 3.84. The number of hydrogen-bond acceptors (Lipinski definition) is 3. The quantitative estimate of drug-likeness (QED) is 0.706. The first kappa shape index (κ1) is 18.8. The van der Waals surface area contributed by atoms with E-state index in [-0.39, 0.29) is 11.8 Å². The van der Waals surface area contributed by atoms with E-state index in [1.807, 2.05) is 35.0 Å². The average molecular weight is 417 g/mol. The van der Waals surface area contributed by atoms with Crippen molar-refractivity contribution in [3.63, 3.8) is 0 Å². The van der Waals surface area contributed by atoms with E-state index in [9.17, 15) is 9.59 Å². The Morgan fingerprint density at radius 2 is 1.96 bits per heavy atom. The molecule has 1 aliphatic rings. The van der Waals surface area contributed by atoms with Gasteiger partial charge in [0.15, 0.2) is 0 Å². The molecule has 1 atom stereocenters. The second kappa shape index (κ2) is 7.81. The van der Waals surface area contributed by atoms with Crippen LogP contribution < -0.4 is 5.32 Å². The average Bonchev–Trinajstić information content (AvgIpc) is 3.31. The molecule has 0 unspecified atom stereocenters. The number of amides is 2. The molecule has 6 nitrogen and oxygen atoms in total. The zero-order chi connectivity index (χ0) is 19.7. The number of carbonyl (C=O) groups excluding carboxylic acids is 2. The van der Waals surface area contributed by atoms with E-state index < -0.39 is 6.04 Å². The molecule has 3 aromatic rings. The van der Waals surface area contributed by atoms with Crippen LogP contribution in [-0.2, 0) is 11.3 Å². The fourth-order valence-electron chi connectivity index (χ4n) is 3.49. The standard InChI is InChI=1S/C20H18Cl2N4O2/c21-14-8-13(9-15(22)10-14)20(28)26-7-3-4-17(26)19(27)23-11-16-12-25-6-2-1-5-18(25)24-16/h1-2,5-6,8-10,12,17H,3-4,7,11H2,(H,23,27)/t17-/m0/s1. The summed E-state index contributed by atoms with van der Waals surface area (Å²) < 4.78 is 1.90. The summed E-state index contributed by atoms with van der Waals surface area (Å²) in [5, 5.41) is 3.68. The van der Waals surface area contributed by atoms with Crippen LogP contribution in [0, 0.1) is 0 Å². The number of aromatic nitrogens is 2. The predicted molar refractivity (Wildman–Crippen MR) is 108 cm³/mol. The van der Waals surface area contributed by atoms with Crippen LogP contribution in [0.3, 0.4) is 0 Å². The largest absolute Gasteiger partial charge is 0.349 e. The van der Waals surface area contributed by atoms with Gasteiger partial charge in [0, 0.05) is 34.5 Å². The second-order valence-electron chi connectivity index (χ2n) is 6.73. The second-order valence-corrected chi connectivity index (χ2v) is 7.60. The molecule has 1 saturated heterocycles. The molecule has 1 aromatic carbocycles. The van der Waals surface area contributed by atoms with Gasteiger partial charge in [-0.2, -0.15) is 0 Å². The summed E-state index contributed by atoms with van der Waals surface area (Å²) in [5.74, 6) is -0.425. The Kier molecular flexibility index (Phi) is 5.24. The van der Waals surface area contributed by atoms with Crippen molar-refractivity contribution >= 4 is 40.7 Å². The van der Waals surface area contributed by atoms with Crippen molar-refractivity contribution in [2.45, 2.75) is 25.4 Å². The van der Waals surface area contributed by atoms with Crippen LogP contribution in [0.5, 0.6) is 0 Å². The molecular formula is C20H18Cl2N4O2. The Morgan fingerprint density at radius 1 is 1.18 bits per heavy atom. The van der Waals surface area contributed by atoms with E-state index in [4.69, 9.17) is 23.2 Å². The predicted octanol–water partition coefficient (Wildman–Crippen LogP) is 3.56. The van der Waals surface area contributed by atoms with Gasteiger partial charge in [-0.1, -0.05) is 29.3 Å². The van der Waals surface area contributed by atoms with Gasteiger partial charge in [-0.25, -0.2) is 4.98 Å². The van der Waals surface area contributed by atoms with Gasteiger partial charge in [-0.3, -0.25) is 9.59 Å². The van der Waals surface area contributed by atoms with E-state index in [2.05, 4.69) is 10.3 Å². The van der Waals surface area contributed by atoms with E-state index in [0.29, 0.717) is 35.1 Å². The Bertz CT molecular complexity index is 996. The minimum Gasteiger partial charge on any atom is -0.349 e. The van der Waals surface area contributed by atoms with Crippen LogP contribution in [0.25, 0.3) is 5.65 Å². The maximum absolute atomic E-state index is 12.9. The minimum absolute atomic E-state index is 0.184. The van der Waals surface area contributed by atoms with Crippen molar-refractivity contribution in [2.75, 3.05) is 6.54 Å². The highest BCUT2D eigenvalue weighted by Crippen LogP contribution is 2.24. The molecule has 2 aromatic heterocycles. The van der Waals surface area contributed by atoms with E-state index in [1.54, 1.807) is 23.1 Å². The Balaban J connectivity index is 1.44. The van der Waals surface area contributed by atoms with Crippen LogP contribution in [0.2, 0.25) is 10.0 Å². The zero-order valence-electron chi connectivity index (χ0n) is 14.9. The number of nitrogens with zero attached hydrogens (tertiary/aromatic N) is 3. The first-order valence-electron chi connectivity index (χ1n) is 8.98. The summed E-state index contributed by atoms with van der Waals surface area (Å²) in [5.41, 5.74) is 1.97. The molecule has 0 radical (unpaired) electrons. The first-order valence-corrected chi connectivity index (χ1v) is 9.74. The van der Waals surface area contributed by atoms with Gasteiger partial charge in [0.05, 0.1) is 12.2 Å². The minimum atomic E-state index is -0.512. The van der Waals surface area contributed by atoms with Crippen LogP contribution in [0.15, 0.2) is 48.8 Å². The van der Waals surface area contributed by atoms with Crippen LogP contribution in [-0.4, -0.2) is 38.7 Å². The molecule has 144 valence electrons. The van der Waals surface area contributed by atoms with Gasteiger partial charge in [-0.15, -0.1) is 0 Å². The number of pyridine rings is 1. The van der Waals surface area contributed by atoms with Crippen LogP contribution >= 0.6 is 23.2 Å². The number of benzene rings is 1. The Hall–Kier alpha value is -2.57. The molecular weight excluding hydrogens is 399 g/mol. The highest BCUT2D eigenvalue weighted by atomic mass is 35.5. The van der Waals surface area contributed by atoms with Gasteiger partial charge in [0.25, 0.3) is 5.91 Å². The number of imidazole rings is 1. The molecule has 1 fully saturated rings. The number of carbonyl (C=O) groups is 2. The topological polar surface area (TPSA) is 66.7 Å². The van der Waals surface area contributed by atoms with Gasteiger partial charge in [0.2, 0.25) is 5.91 Å². The number of likely N-dealkylation sites (tertiary alicyclic amines) is 1. The summed E-state index contributed by atoms with van der Waals surface area (Å²) in [6.07, 6.45) is 5.17. The van der Waals surface area contributed by atoms with E-state index in [1.165, 1.54) is 0 Å². The molecule has 28 heavy (non-hydrogen) atoms. The Morgan fingerprint density at radius 3 is 2.71 bits per heavy atom. The van der Waals surface area contributed by atoms with Crippen molar-refractivity contribution in [3.8, 4) is 0 Å². The third-order valence-corrected chi connectivity index (χ3v) is 5.22. The molecule has 0 saturated carbocycles. The molecule has 3 heterocycles. The first-order chi connectivity index (χ1) is 13.5.